The van der Waals surface area contributed by atoms with E-state index in [1.807, 2.05) is 35.0 Å². The number of fused-ring (bicyclic) bond motifs is 5. The van der Waals surface area contributed by atoms with E-state index < -0.39 is 0 Å². The molecule has 1 fully saturated rings. The largest absolute Gasteiger partial charge is 0.277 e. The number of hydrogen-bond acceptors (Lipinski definition) is 1. The molecule has 0 N–H and O–H groups in total. The van der Waals surface area contributed by atoms with E-state index in [-0.39, 0.29) is 16.4 Å². The molecule has 0 amide bonds. The molecule has 2 unspecified atom stereocenters. The van der Waals surface area contributed by atoms with Crippen molar-refractivity contribution in [3.05, 3.63) is 86.8 Å². The number of rotatable bonds is 3. The average molecular weight is 393 g/mol. The molecule has 28 heavy (non-hydrogen) atoms. The van der Waals surface area contributed by atoms with Gasteiger partial charge in [0.15, 0.2) is 0 Å². The zero-order chi connectivity index (χ0) is 19.7. The van der Waals surface area contributed by atoms with E-state index in [1.54, 1.807) is 0 Å². The molecule has 0 spiro atoms. The van der Waals surface area contributed by atoms with Crippen LogP contribution in [0.2, 0.25) is 5.02 Å². The van der Waals surface area contributed by atoms with E-state index in [9.17, 15) is 4.79 Å². The number of para-hydroxylation sites is 1. The number of hydrogen-bond donors (Lipinski definition) is 0. The van der Waals surface area contributed by atoms with Crippen LogP contribution in [-0.4, -0.2) is 9.36 Å². The molecule has 0 radical (unpaired) electrons. The van der Waals surface area contributed by atoms with Gasteiger partial charge in [0.2, 0.25) is 0 Å². The highest BCUT2D eigenvalue weighted by molar-refractivity contribution is 6.32. The van der Waals surface area contributed by atoms with Crippen molar-refractivity contribution in [1.29, 1.82) is 0 Å². The molecule has 0 aliphatic heterocycles. The first-order valence-electron chi connectivity index (χ1n) is 10.0. The molecule has 2 aliphatic rings. The molecular formula is C24H25ClN2O. The summed E-state index contributed by atoms with van der Waals surface area (Å²) in [5.41, 5.74) is 4.35. The Kier molecular flexibility index (Phi) is 3.73. The van der Waals surface area contributed by atoms with Crippen molar-refractivity contribution >= 4 is 11.6 Å². The summed E-state index contributed by atoms with van der Waals surface area (Å²) >= 11 is 6.53. The summed E-state index contributed by atoms with van der Waals surface area (Å²) < 4.78 is 4.03. The second-order valence-corrected chi connectivity index (χ2v) is 9.43. The van der Waals surface area contributed by atoms with Gasteiger partial charge in [0.05, 0.1) is 22.9 Å². The van der Waals surface area contributed by atoms with Crippen LogP contribution >= 0.6 is 11.6 Å². The van der Waals surface area contributed by atoms with Crippen LogP contribution in [0.3, 0.4) is 0 Å². The van der Waals surface area contributed by atoms with Gasteiger partial charge in [-0.25, -0.2) is 4.68 Å². The second-order valence-electron chi connectivity index (χ2n) is 9.02. The minimum Gasteiger partial charge on any atom is -0.277 e. The van der Waals surface area contributed by atoms with E-state index in [4.69, 9.17) is 11.6 Å². The Hall–Kier alpha value is -2.26. The molecular weight excluding hydrogens is 368 g/mol. The average Bonchev–Trinajstić information content (AvgIpc) is 3.15. The van der Waals surface area contributed by atoms with Crippen LogP contribution < -0.4 is 5.56 Å². The van der Waals surface area contributed by atoms with E-state index >= 15 is 0 Å². The highest BCUT2D eigenvalue weighted by Gasteiger charge is 2.62. The summed E-state index contributed by atoms with van der Waals surface area (Å²) in [4.78, 5) is 13.7. The summed E-state index contributed by atoms with van der Waals surface area (Å²) in [6, 6.07) is 18.0. The Balaban J connectivity index is 1.82. The van der Waals surface area contributed by atoms with Crippen LogP contribution in [0.25, 0.3) is 5.69 Å². The van der Waals surface area contributed by atoms with E-state index in [2.05, 4.69) is 49.7 Å². The lowest BCUT2D eigenvalue weighted by atomic mass is 9.70. The van der Waals surface area contributed by atoms with Crippen LogP contribution in [0.5, 0.6) is 0 Å². The number of nitrogens with zero attached hydrogens (tertiary/aromatic N) is 2. The molecule has 2 aliphatic carbocycles. The standard InChI is InChI=1S/C24H25ClN2O/c1-23(2)17-13-14-24(23,3)21-20(17)22(28)27(19-12-8-7-11-18(19)25)26(21)15-16-9-5-4-6-10-16/h4-12,17H,13-15H2,1-3H3. The first kappa shape index (κ1) is 17.8. The Morgan fingerprint density at radius 1 is 1.04 bits per heavy atom. The second kappa shape index (κ2) is 5.87. The van der Waals surface area contributed by atoms with Crippen molar-refractivity contribution in [2.24, 2.45) is 5.41 Å². The first-order valence-corrected chi connectivity index (χ1v) is 10.4. The third kappa shape index (κ3) is 2.14. The van der Waals surface area contributed by atoms with Crippen molar-refractivity contribution in [3.63, 3.8) is 0 Å². The molecule has 3 aromatic rings. The van der Waals surface area contributed by atoms with Gasteiger partial charge in [0.25, 0.3) is 5.56 Å². The van der Waals surface area contributed by atoms with Crippen LogP contribution in [0, 0.1) is 5.41 Å². The minimum absolute atomic E-state index is 0.00650. The fourth-order valence-electron chi connectivity index (χ4n) is 5.66. The number of halogens is 1. The predicted molar refractivity (Wildman–Crippen MR) is 114 cm³/mol. The molecule has 1 aromatic heterocycles. The lowest BCUT2D eigenvalue weighted by molar-refractivity contribution is 0.216. The third-order valence-corrected chi connectivity index (χ3v) is 7.85. The maximum absolute atomic E-state index is 13.7. The van der Waals surface area contributed by atoms with Gasteiger partial charge < -0.3 is 0 Å². The van der Waals surface area contributed by atoms with Gasteiger partial charge in [0, 0.05) is 11.0 Å². The SMILES string of the molecule is CC12CCC(c3c1n(Cc1ccccc1)n(-c1ccccc1Cl)c3=O)C2(C)C. The molecule has 0 saturated heterocycles. The summed E-state index contributed by atoms with van der Waals surface area (Å²) in [5, 5.41) is 0.604. The summed E-state index contributed by atoms with van der Waals surface area (Å²) in [7, 11) is 0. The van der Waals surface area contributed by atoms with Gasteiger partial charge in [0.1, 0.15) is 0 Å². The lowest BCUT2D eigenvalue weighted by Gasteiger charge is -2.36. The van der Waals surface area contributed by atoms with Crippen molar-refractivity contribution in [1.82, 2.24) is 9.36 Å². The fourth-order valence-corrected chi connectivity index (χ4v) is 5.87. The van der Waals surface area contributed by atoms with Gasteiger partial charge >= 0.3 is 0 Å². The van der Waals surface area contributed by atoms with Gasteiger partial charge in [-0.2, -0.15) is 0 Å². The van der Waals surface area contributed by atoms with Gasteiger partial charge in [-0.3, -0.25) is 9.48 Å². The molecule has 4 heteroatoms. The molecule has 144 valence electrons. The number of aromatic nitrogens is 2. The maximum Gasteiger partial charge on any atom is 0.275 e. The van der Waals surface area contributed by atoms with Gasteiger partial charge in [-0.1, -0.05) is 74.8 Å². The van der Waals surface area contributed by atoms with Crippen LogP contribution in [0.1, 0.15) is 56.4 Å². The summed E-state index contributed by atoms with van der Waals surface area (Å²) in [6.07, 6.45) is 2.21. The van der Waals surface area contributed by atoms with Crippen molar-refractivity contribution < 1.29 is 0 Å². The minimum atomic E-state index is -0.00650. The molecule has 5 rings (SSSR count). The lowest BCUT2D eigenvalue weighted by Crippen LogP contribution is -2.36. The van der Waals surface area contributed by atoms with Crippen molar-refractivity contribution in [3.8, 4) is 5.69 Å². The topological polar surface area (TPSA) is 26.9 Å². The maximum atomic E-state index is 13.7. The van der Waals surface area contributed by atoms with Gasteiger partial charge in [-0.05, 0) is 41.9 Å². The summed E-state index contributed by atoms with van der Waals surface area (Å²) in [6.45, 7) is 7.67. The van der Waals surface area contributed by atoms with E-state index in [0.717, 1.165) is 24.1 Å². The molecule has 1 heterocycles. The molecule has 2 bridgehead atoms. The Labute approximate surface area is 170 Å². The molecule has 2 atom stereocenters. The van der Waals surface area contributed by atoms with Crippen molar-refractivity contribution in [2.45, 2.75) is 51.5 Å². The van der Waals surface area contributed by atoms with Crippen LogP contribution in [0.15, 0.2) is 59.4 Å². The highest BCUT2D eigenvalue weighted by Crippen LogP contribution is 2.67. The van der Waals surface area contributed by atoms with Crippen molar-refractivity contribution in [2.75, 3.05) is 0 Å². The highest BCUT2D eigenvalue weighted by atomic mass is 35.5. The molecule has 3 nitrogen and oxygen atoms in total. The van der Waals surface area contributed by atoms with Crippen LogP contribution in [0.4, 0.5) is 0 Å². The van der Waals surface area contributed by atoms with Crippen LogP contribution in [-0.2, 0) is 12.0 Å². The first-order chi connectivity index (χ1) is 13.4. The smallest absolute Gasteiger partial charge is 0.275 e. The van der Waals surface area contributed by atoms with E-state index in [1.165, 1.54) is 11.3 Å². The quantitative estimate of drug-likeness (QED) is 0.576. The normalized spacial score (nSPS) is 24.5. The Morgan fingerprint density at radius 3 is 2.43 bits per heavy atom. The zero-order valence-electron chi connectivity index (χ0n) is 16.6. The third-order valence-electron chi connectivity index (χ3n) is 7.53. The monoisotopic (exact) mass is 392 g/mol. The zero-order valence-corrected chi connectivity index (χ0v) is 17.3. The van der Waals surface area contributed by atoms with Gasteiger partial charge in [-0.15, -0.1) is 0 Å². The fraction of sp³-hybridized carbons (Fsp3) is 0.375. The number of benzene rings is 2. The Bertz CT molecular complexity index is 1130. The van der Waals surface area contributed by atoms with E-state index in [0.29, 0.717) is 17.5 Å². The summed E-state index contributed by atoms with van der Waals surface area (Å²) in [5.74, 6) is 0.311. The molecule has 2 aromatic carbocycles. The molecule has 1 saturated carbocycles. The predicted octanol–water partition coefficient (Wildman–Crippen LogP) is 5.52. The Morgan fingerprint density at radius 2 is 1.71 bits per heavy atom.